The average Bonchev–Trinajstić information content (AvgIpc) is 2.02. The second kappa shape index (κ2) is 7.31. The van der Waals surface area contributed by atoms with E-state index < -0.39 is 14.3 Å². The normalized spacial score (nSPS) is 11.6. The summed E-state index contributed by atoms with van der Waals surface area (Å²) < 4.78 is 5.67. The summed E-state index contributed by atoms with van der Waals surface area (Å²) in [5.74, 6) is 0.420. The minimum Gasteiger partial charge on any atom is -0.481 e. The quantitative estimate of drug-likeness (QED) is 0.519. The molecule has 0 heterocycles. The van der Waals surface area contributed by atoms with E-state index in [1.54, 1.807) is 0 Å². The number of carboxylic acids is 1. The molecule has 0 aromatic heterocycles. The molecule has 0 amide bonds. The first-order valence-electron chi connectivity index (χ1n) is 4.91. The van der Waals surface area contributed by atoms with Crippen LogP contribution in [0.3, 0.4) is 0 Å². The van der Waals surface area contributed by atoms with E-state index in [1.165, 1.54) is 11.8 Å². The molecule has 14 heavy (non-hydrogen) atoms. The van der Waals surface area contributed by atoms with Crippen LogP contribution in [0.15, 0.2) is 0 Å². The van der Waals surface area contributed by atoms with Crippen LogP contribution in [0.25, 0.3) is 0 Å². The molecule has 84 valence electrons. The van der Waals surface area contributed by atoms with Crippen molar-refractivity contribution in [3.8, 4) is 0 Å². The molecule has 0 aromatic carbocycles. The average molecular weight is 236 g/mol. The molecule has 0 aliphatic rings. The molecule has 5 heteroatoms. The highest BCUT2D eigenvalue weighted by atomic mass is 32.2. The molecule has 0 saturated heterocycles. The van der Waals surface area contributed by atoms with E-state index in [0.717, 1.165) is 24.8 Å². The molecule has 0 aliphatic carbocycles. The van der Waals surface area contributed by atoms with Crippen LogP contribution in [-0.2, 0) is 9.22 Å². The molecule has 3 nitrogen and oxygen atoms in total. The van der Waals surface area contributed by atoms with Crippen LogP contribution in [0.1, 0.15) is 13.3 Å². The summed E-state index contributed by atoms with van der Waals surface area (Å²) in [5.41, 5.74) is 0. The summed E-state index contributed by atoms with van der Waals surface area (Å²) in [6.45, 7) is 7.23. The first kappa shape index (κ1) is 14.0. The maximum absolute atomic E-state index is 10.2. The SMILES string of the molecule is CCO[Si](C)(C)CCCSCC(=O)O. The van der Waals surface area contributed by atoms with E-state index >= 15 is 0 Å². The standard InChI is InChI=1S/C9H20O3SSi/c1-4-12-14(2,3)7-5-6-13-8-9(10)11/h4-8H2,1-3H3,(H,10,11). The fourth-order valence-corrected chi connectivity index (χ4v) is 4.10. The molecule has 0 rings (SSSR count). The third-order valence-corrected chi connectivity index (χ3v) is 5.48. The van der Waals surface area contributed by atoms with E-state index in [4.69, 9.17) is 9.53 Å². The molecule has 0 aromatic rings. The molecule has 0 spiro atoms. The maximum Gasteiger partial charge on any atom is 0.313 e. The summed E-state index contributed by atoms with van der Waals surface area (Å²) in [6.07, 6.45) is 1.07. The van der Waals surface area contributed by atoms with Gasteiger partial charge in [0, 0.05) is 6.61 Å². The molecule has 1 N–H and O–H groups in total. The third kappa shape index (κ3) is 8.59. The number of aliphatic carboxylic acids is 1. The van der Waals surface area contributed by atoms with Crippen molar-refractivity contribution < 1.29 is 14.3 Å². The summed E-state index contributed by atoms with van der Waals surface area (Å²) >= 11 is 1.49. The van der Waals surface area contributed by atoms with Crippen LogP contribution in [0, 0.1) is 0 Å². The van der Waals surface area contributed by atoms with E-state index in [-0.39, 0.29) is 5.75 Å². The van der Waals surface area contributed by atoms with Crippen LogP contribution in [0.4, 0.5) is 0 Å². The molecule has 0 fully saturated rings. The number of carbonyl (C=O) groups is 1. The lowest BCUT2D eigenvalue weighted by molar-refractivity contribution is -0.133. The second-order valence-corrected chi connectivity index (χ2v) is 9.16. The Labute approximate surface area is 91.4 Å². The monoisotopic (exact) mass is 236 g/mol. The number of hydrogen-bond acceptors (Lipinski definition) is 3. The molecule has 0 aliphatic heterocycles. The highest BCUT2D eigenvalue weighted by Crippen LogP contribution is 2.15. The van der Waals surface area contributed by atoms with Gasteiger partial charge >= 0.3 is 5.97 Å². The van der Waals surface area contributed by atoms with Crippen LogP contribution in [-0.4, -0.2) is 37.5 Å². The molecular formula is C9H20O3SSi. The third-order valence-electron chi connectivity index (χ3n) is 1.83. The minimum atomic E-state index is -1.44. The first-order valence-corrected chi connectivity index (χ1v) is 9.18. The van der Waals surface area contributed by atoms with Crippen molar-refractivity contribution in [3.63, 3.8) is 0 Å². The summed E-state index contributed by atoms with van der Waals surface area (Å²) in [7, 11) is -1.44. The summed E-state index contributed by atoms with van der Waals surface area (Å²) in [6, 6.07) is 1.12. The van der Waals surface area contributed by atoms with Crippen molar-refractivity contribution in [1.29, 1.82) is 0 Å². The lowest BCUT2D eigenvalue weighted by Gasteiger charge is -2.21. The van der Waals surface area contributed by atoms with Gasteiger partial charge in [-0.1, -0.05) is 0 Å². The van der Waals surface area contributed by atoms with Gasteiger partial charge in [0.25, 0.3) is 0 Å². The largest absolute Gasteiger partial charge is 0.481 e. The van der Waals surface area contributed by atoms with Crippen LogP contribution in [0.2, 0.25) is 19.1 Å². The van der Waals surface area contributed by atoms with Crippen molar-refractivity contribution in [3.05, 3.63) is 0 Å². The second-order valence-electron chi connectivity index (χ2n) is 3.74. The van der Waals surface area contributed by atoms with Gasteiger partial charge in [-0.05, 0) is 38.2 Å². The fourth-order valence-electron chi connectivity index (χ4n) is 1.22. The Bertz CT molecular complexity index is 173. The van der Waals surface area contributed by atoms with E-state index in [0.29, 0.717) is 0 Å². The van der Waals surface area contributed by atoms with Crippen molar-refractivity contribution >= 4 is 26.0 Å². The van der Waals surface area contributed by atoms with Gasteiger partial charge in [-0.3, -0.25) is 4.79 Å². The zero-order valence-corrected chi connectivity index (χ0v) is 11.0. The van der Waals surface area contributed by atoms with Crippen molar-refractivity contribution in [2.24, 2.45) is 0 Å². The van der Waals surface area contributed by atoms with Crippen LogP contribution >= 0.6 is 11.8 Å². The molecule has 0 saturated carbocycles. The predicted molar refractivity (Wildman–Crippen MR) is 63.5 cm³/mol. The molecular weight excluding hydrogens is 216 g/mol. The summed E-state index contributed by atoms with van der Waals surface area (Å²) in [5, 5.41) is 8.42. The Balaban J connectivity index is 3.39. The molecule has 0 bridgehead atoms. The van der Waals surface area contributed by atoms with Gasteiger partial charge in [0.1, 0.15) is 0 Å². The van der Waals surface area contributed by atoms with Crippen molar-refractivity contribution in [2.75, 3.05) is 18.1 Å². The lowest BCUT2D eigenvalue weighted by atomic mass is 10.6. The Kier molecular flexibility index (Phi) is 7.31. The highest BCUT2D eigenvalue weighted by molar-refractivity contribution is 7.99. The number of rotatable bonds is 8. The minimum absolute atomic E-state index is 0.219. The predicted octanol–water partition coefficient (Wildman–Crippen LogP) is 2.44. The smallest absolute Gasteiger partial charge is 0.313 e. The van der Waals surface area contributed by atoms with E-state index in [2.05, 4.69) is 13.1 Å². The first-order chi connectivity index (χ1) is 6.48. The molecule has 0 atom stereocenters. The van der Waals surface area contributed by atoms with E-state index in [1.807, 2.05) is 6.92 Å². The molecule has 0 radical (unpaired) electrons. The van der Waals surface area contributed by atoms with E-state index in [9.17, 15) is 4.79 Å². The zero-order valence-electron chi connectivity index (χ0n) is 9.21. The zero-order chi connectivity index (χ0) is 11.0. The van der Waals surface area contributed by atoms with Crippen LogP contribution < -0.4 is 0 Å². The highest BCUT2D eigenvalue weighted by Gasteiger charge is 2.20. The van der Waals surface area contributed by atoms with Crippen molar-refractivity contribution in [1.82, 2.24) is 0 Å². The fraction of sp³-hybridized carbons (Fsp3) is 0.889. The Morgan fingerprint density at radius 3 is 2.64 bits per heavy atom. The Morgan fingerprint density at radius 1 is 1.50 bits per heavy atom. The number of hydrogen-bond donors (Lipinski definition) is 1. The maximum atomic E-state index is 10.2. The van der Waals surface area contributed by atoms with Gasteiger partial charge in [-0.25, -0.2) is 0 Å². The van der Waals surface area contributed by atoms with Gasteiger partial charge in [-0.15, -0.1) is 0 Å². The van der Waals surface area contributed by atoms with Gasteiger partial charge in [0.2, 0.25) is 0 Å². The van der Waals surface area contributed by atoms with Gasteiger partial charge in [0.05, 0.1) is 5.75 Å². The number of thioether (sulfide) groups is 1. The number of carboxylic acid groups (broad SMARTS) is 1. The topological polar surface area (TPSA) is 46.5 Å². The van der Waals surface area contributed by atoms with Crippen LogP contribution in [0.5, 0.6) is 0 Å². The lowest BCUT2D eigenvalue weighted by Crippen LogP contribution is -2.30. The molecule has 0 unspecified atom stereocenters. The van der Waals surface area contributed by atoms with Gasteiger partial charge in [-0.2, -0.15) is 11.8 Å². The summed E-state index contributed by atoms with van der Waals surface area (Å²) in [4.78, 5) is 10.2. The van der Waals surface area contributed by atoms with Gasteiger partial charge < -0.3 is 9.53 Å². The van der Waals surface area contributed by atoms with Gasteiger partial charge in [0.15, 0.2) is 8.32 Å². The Hall–Kier alpha value is -0.00312. The van der Waals surface area contributed by atoms with Crippen molar-refractivity contribution in [2.45, 2.75) is 32.5 Å². The Morgan fingerprint density at radius 2 is 2.14 bits per heavy atom.